The maximum absolute atomic E-state index is 13.5. The predicted molar refractivity (Wildman–Crippen MR) is 117 cm³/mol. The van der Waals surface area contributed by atoms with Crippen LogP contribution < -0.4 is 4.74 Å². The van der Waals surface area contributed by atoms with Crippen LogP contribution in [0.5, 0.6) is 5.75 Å². The largest absolute Gasteiger partial charge is 0.494 e. The minimum atomic E-state index is -0.00800. The van der Waals surface area contributed by atoms with Gasteiger partial charge in [0.15, 0.2) is 5.78 Å². The zero-order chi connectivity index (χ0) is 20.5. The summed E-state index contributed by atoms with van der Waals surface area (Å²) >= 11 is 0. The van der Waals surface area contributed by atoms with Crippen LogP contribution in [0.15, 0.2) is 58.1 Å². The van der Waals surface area contributed by atoms with Crippen LogP contribution in [-0.2, 0) is 0 Å². The van der Waals surface area contributed by atoms with Gasteiger partial charge in [-0.1, -0.05) is 30.3 Å². The minimum Gasteiger partial charge on any atom is -0.494 e. The van der Waals surface area contributed by atoms with E-state index in [4.69, 9.17) is 14.7 Å². The van der Waals surface area contributed by atoms with Crippen molar-refractivity contribution in [2.75, 3.05) is 19.7 Å². The number of rotatable bonds is 5. The van der Waals surface area contributed by atoms with Crippen molar-refractivity contribution in [2.45, 2.75) is 27.7 Å². The normalized spacial score (nSPS) is 15.0. The lowest BCUT2D eigenvalue weighted by Gasteiger charge is -2.20. The summed E-state index contributed by atoms with van der Waals surface area (Å²) < 4.78 is 5.62. The van der Waals surface area contributed by atoms with Gasteiger partial charge in [-0.05, 0) is 51.0 Å². The molecule has 0 amide bonds. The maximum atomic E-state index is 13.5. The number of hydrogen-bond acceptors (Lipinski definition) is 5. The number of fused-ring (bicyclic) bond motifs is 3. The van der Waals surface area contributed by atoms with Crippen molar-refractivity contribution in [1.29, 1.82) is 0 Å². The smallest absolute Gasteiger partial charge is 0.226 e. The van der Waals surface area contributed by atoms with Gasteiger partial charge in [0.1, 0.15) is 17.2 Å². The zero-order valence-corrected chi connectivity index (χ0v) is 17.3. The summed E-state index contributed by atoms with van der Waals surface area (Å²) in [7, 11) is 0. The van der Waals surface area contributed by atoms with E-state index >= 15 is 0 Å². The summed E-state index contributed by atoms with van der Waals surface area (Å²) in [6, 6.07) is 13.5. The molecule has 1 heterocycles. The Labute approximate surface area is 171 Å². The monoisotopic (exact) mass is 387 g/mol. The van der Waals surface area contributed by atoms with Crippen molar-refractivity contribution in [3.63, 3.8) is 0 Å². The van der Waals surface area contributed by atoms with Crippen molar-refractivity contribution in [3.8, 4) is 5.75 Å². The van der Waals surface area contributed by atoms with E-state index in [0.717, 1.165) is 41.2 Å². The molecule has 0 aromatic heterocycles. The van der Waals surface area contributed by atoms with E-state index in [-0.39, 0.29) is 5.78 Å². The van der Waals surface area contributed by atoms with Gasteiger partial charge in [-0.3, -0.25) is 4.79 Å². The van der Waals surface area contributed by atoms with E-state index in [0.29, 0.717) is 29.4 Å². The first-order chi connectivity index (χ1) is 14.1. The second kappa shape index (κ2) is 7.66. The molecule has 0 unspecified atom stereocenters. The van der Waals surface area contributed by atoms with Crippen molar-refractivity contribution in [1.82, 2.24) is 4.90 Å². The molecule has 5 nitrogen and oxygen atoms in total. The summed E-state index contributed by atoms with van der Waals surface area (Å²) in [6.45, 7) is 10.4. The molecule has 0 radical (unpaired) electrons. The Bertz CT molecular complexity index is 1080. The summed E-state index contributed by atoms with van der Waals surface area (Å²) in [5.74, 6) is 1.47. The van der Waals surface area contributed by atoms with Gasteiger partial charge in [-0.25, -0.2) is 9.98 Å². The highest BCUT2D eigenvalue weighted by Crippen LogP contribution is 2.37. The molecule has 0 fully saturated rings. The standard InChI is InChI=1S/C24H25N3O2/c1-5-27(6-2)24-25-21-18-10-8-9-11-19(18)23(28)20(22(21)26-24)17-13-12-16(29-7-3)14-15(17)4/h8-14H,5-7H2,1-4H3. The topological polar surface area (TPSA) is 54.3 Å². The van der Waals surface area contributed by atoms with Gasteiger partial charge in [-0.2, -0.15) is 0 Å². The molecule has 148 valence electrons. The molecule has 2 aromatic rings. The number of benzene rings is 2. The average molecular weight is 387 g/mol. The fourth-order valence-electron chi connectivity index (χ4n) is 3.89. The van der Waals surface area contributed by atoms with Crippen LogP contribution in [0.1, 0.15) is 47.8 Å². The van der Waals surface area contributed by atoms with Gasteiger partial charge >= 0.3 is 0 Å². The van der Waals surface area contributed by atoms with Gasteiger partial charge in [-0.15, -0.1) is 0 Å². The number of ether oxygens (including phenoxy) is 1. The molecular weight excluding hydrogens is 362 g/mol. The van der Waals surface area contributed by atoms with E-state index in [9.17, 15) is 4.79 Å². The summed E-state index contributed by atoms with van der Waals surface area (Å²) in [5, 5.41) is 0. The SMILES string of the molecule is CCOc1ccc(C2=C3N=C(N(CC)CC)N=C3c3ccccc3C2=O)c(C)c1. The van der Waals surface area contributed by atoms with Crippen molar-refractivity contribution < 1.29 is 9.53 Å². The second-order valence-corrected chi connectivity index (χ2v) is 7.05. The maximum Gasteiger partial charge on any atom is 0.226 e. The lowest BCUT2D eigenvalue weighted by Crippen LogP contribution is -2.28. The van der Waals surface area contributed by atoms with Crippen molar-refractivity contribution >= 4 is 23.0 Å². The molecule has 29 heavy (non-hydrogen) atoms. The van der Waals surface area contributed by atoms with Gasteiger partial charge in [0.2, 0.25) is 5.96 Å². The first kappa shape index (κ1) is 19.1. The molecular formula is C24H25N3O2. The summed E-state index contributed by atoms with van der Waals surface area (Å²) in [6.07, 6.45) is 0. The Hall–Kier alpha value is -3.21. The molecule has 2 aliphatic rings. The first-order valence-corrected chi connectivity index (χ1v) is 10.1. The number of nitrogens with zero attached hydrogens (tertiary/aromatic N) is 3. The van der Waals surface area contributed by atoms with Gasteiger partial charge in [0.05, 0.1) is 12.2 Å². The Morgan fingerprint density at radius 1 is 0.931 bits per heavy atom. The van der Waals surface area contributed by atoms with E-state index < -0.39 is 0 Å². The van der Waals surface area contributed by atoms with Crippen LogP contribution in [0, 0.1) is 6.92 Å². The highest BCUT2D eigenvalue weighted by atomic mass is 16.5. The molecule has 1 aliphatic carbocycles. The molecule has 1 aliphatic heterocycles. The van der Waals surface area contributed by atoms with E-state index in [1.165, 1.54) is 0 Å². The number of aliphatic imine (C=N–C) groups is 2. The Morgan fingerprint density at radius 2 is 1.66 bits per heavy atom. The predicted octanol–water partition coefficient (Wildman–Crippen LogP) is 4.50. The Morgan fingerprint density at radius 3 is 2.31 bits per heavy atom. The van der Waals surface area contributed by atoms with E-state index in [1.54, 1.807) is 0 Å². The molecule has 0 saturated heterocycles. The fraction of sp³-hybridized carbons (Fsp3) is 0.292. The van der Waals surface area contributed by atoms with E-state index in [1.807, 2.05) is 56.3 Å². The molecule has 4 rings (SSSR count). The third-order valence-corrected chi connectivity index (χ3v) is 5.36. The molecule has 0 spiro atoms. The number of carbonyl (C=O) groups excluding carboxylic acids is 1. The van der Waals surface area contributed by atoms with Crippen LogP contribution in [-0.4, -0.2) is 42.1 Å². The number of carbonyl (C=O) groups is 1. The van der Waals surface area contributed by atoms with Crippen LogP contribution >= 0.6 is 0 Å². The van der Waals surface area contributed by atoms with Gasteiger partial charge < -0.3 is 9.64 Å². The molecule has 2 aromatic carbocycles. The number of guanidine groups is 1. The molecule has 0 atom stereocenters. The Balaban J connectivity index is 1.93. The number of allylic oxidation sites excluding steroid dienone is 2. The molecule has 0 bridgehead atoms. The number of aryl methyl sites for hydroxylation is 1. The van der Waals surface area contributed by atoms with Gasteiger partial charge in [0.25, 0.3) is 0 Å². The van der Waals surface area contributed by atoms with Crippen LogP contribution in [0.2, 0.25) is 0 Å². The highest BCUT2D eigenvalue weighted by molar-refractivity contribution is 6.43. The first-order valence-electron chi connectivity index (χ1n) is 10.1. The highest BCUT2D eigenvalue weighted by Gasteiger charge is 2.35. The van der Waals surface area contributed by atoms with Crippen LogP contribution in [0.4, 0.5) is 0 Å². The fourth-order valence-corrected chi connectivity index (χ4v) is 3.89. The lowest BCUT2D eigenvalue weighted by atomic mass is 9.82. The van der Waals surface area contributed by atoms with Crippen molar-refractivity contribution in [3.05, 3.63) is 70.4 Å². The van der Waals surface area contributed by atoms with E-state index in [2.05, 4.69) is 18.7 Å². The minimum absolute atomic E-state index is 0.00800. The third kappa shape index (κ3) is 3.16. The molecule has 0 saturated carbocycles. The number of ketones is 1. The zero-order valence-electron chi connectivity index (χ0n) is 17.3. The van der Waals surface area contributed by atoms with Gasteiger partial charge in [0, 0.05) is 24.2 Å². The summed E-state index contributed by atoms with van der Waals surface area (Å²) in [5.41, 5.74) is 5.45. The number of hydrogen-bond donors (Lipinski definition) is 0. The summed E-state index contributed by atoms with van der Waals surface area (Å²) in [4.78, 5) is 25.3. The van der Waals surface area contributed by atoms with Crippen LogP contribution in [0.25, 0.3) is 5.57 Å². The van der Waals surface area contributed by atoms with Crippen molar-refractivity contribution in [2.24, 2.45) is 9.98 Å². The van der Waals surface area contributed by atoms with Crippen LogP contribution in [0.3, 0.4) is 0 Å². The quantitative estimate of drug-likeness (QED) is 0.759. The third-order valence-electron chi connectivity index (χ3n) is 5.36. The number of Topliss-reactive ketones (excluding diaryl/α,β-unsaturated/α-hetero) is 1. The second-order valence-electron chi connectivity index (χ2n) is 7.05. The lowest BCUT2D eigenvalue weighted by molar-refractivity contribution is 0.105. The molecule has 5 heteroatoms. The average Bonchev–Trinajstić information content (AvgIpc) is 3.16. The Kier molecular flexibility index (Phi) is 5.05. The molecule has 0 N–H and O–H groups in total.